The van der Waals surface area contributed by atoms with Gasteiger partial charge in [-0.05, 0) is 167 Å². The molecule has 0 spiro atoms. The van der Waals surface area contributed by atoms with E-state index in [4.69, 9.17) is 11.2 Å². The standard InChI is InChI=1S/C23H32O3.C21H28O2/c1-3-4-5-22(25)26-21-11-10-20-19-8-6-15-14-16(24)7-9-17(15)18(19)12-13-23(20,21)2;1-3-20-11-9-17-16-8-6-15(22)13-14(16)5-7-18(17)19(20)10-12-21(20,23)4-2/h7,9,14,18-21,24H,3-6,8,10-13H2,1-2H3;2,13,16-19,23H,3,5-12H2,1H3/t18-,19-,20+,21+,23+;16-,17+,18+,19-,20-,21-/m10/s1. The third-order valence-corrected chi connectivity index (χ3v) is 15.6. The molecule has 0 saturated heterocycles. The van der Waals surface area contributed by atoms with Crippen molar-refractivity contribution in [1.29, 1.82) is 0 Å². The van der Waals surface area contributed by atoms with Gasteiger partial charge in [0.1, 0.15) is 17.5 Å². The van der Waals surface area contributed by atoms with E-state index >= 15 is 0 Å². The Kier molecular flexibility index (Phi) is 9.62. The van der Waals surface area contributed by atoms with Crippen molar-refractivity contribution in [3.05, 3.63) is 41.0 Å². The summed E-state index contributed by atoms with van der Waals surface area (Å²) < 4.78 is 5.98. The molecule has 7 aliphatic carbocycles. The average Bonchev–Trinajstić information content (AvgIpc) is 3.60. The Morgan fingerprint density at radius 2 is 1.73 bits per heavy atom. The lowest BCUT2D eigenvalue weighted by Crippen LogP contribution is -2.53. The summed E-state index contributed by atoms with van der Waals surface area (Å²) in [7, 11) is 0. The number of carbonyl (C=O) groups excluding carboxylic acids is 2. The first-order valence-electron chi connectivity index (χ1n) is 20.0. The minimum Gasteiger partial charge on any atom is -0.508 e. The number of hydrogen-bond acceptors (Lipinski definition) is 5. The molecule has 0 bridgehead atoms. The number of aromatic hydroxyl groups is 1. The molecule has 11 atom stereocenters. The van der Waals surface area contributed by atoms with Crippen LogP contribution < -0.4 is 0 Å². The van der Waals surface area contributed by atoms with Crippen LogP contribution in [0.15, 0.2) is 29.8 Å². The van der Waals surface area contributed by atoms with Gasteiger partial charge in [0, 0.05) is 23.7 Å². The molecule has 0 heterocycles. The second-order valence-electron chi connectivity index (χ2n) is 17.4. The van der Waals surface area contributed by atoms with Crippen molar-refractivity contribution in [2.24, 2.45) is 46.3 Å². The molecule has 5 heteroatoms. The minimum atomic E-state index is -0.893. The molecule has 0 radical (unpaired) electrons. The molecule has 49 heavy (non-hydrogen) atoms. The molecule has 1 aromatic carbocycles. The Hall–Kier alpha value is -2.58. The molecule has 0 aliphatic heterocycles. The summed E-state index contributed by atoms with van der Waals surface area (Å²) in [6, 6.07) is 5.97. The molecule has 0 unspecified atom stereocenters. The van der Waals surface area contributed by atoms with Crippen LogP contribution in [0.5, 0.6) is 5.75 Å². The van der Waals surface area contributed by atoms with Gasteiger partial charge in [0.15, 0.2) is 5.78 Å². The van der Waals surface area contributed by atoms with E-state index in [9.17, 15) is 19.8 Å². The lowest BCUT2D eigenvalue weighted by molar-refractivity contribution is -0.157. The highest BCUT2D eigenvalue weighted by Crippen LogP contribution is 2.66. The number of ether oxygens (including phenoxy) is 1. The van der Waals surface area contributed by atoms with Crippen LogP contribution in [0.2, 0.25) is 0 Å². The highest BCUT2D eigenvalue weighted by Gasteiger charge is 2.63. The molecule has 1 aromatic rings. The Balaban J connectivity index is 0.000000155. The molecule has 5 nitrogen and oxygen atoms in total. The Morgan fingerprint density at radius 1 is 0.918 bits per heavy atom. The topological polar surface area (TPSA) is 83.8 Å². The van der Waals surface area contributed by atoms with Crippen LogP contribution in [0.3, 0.4) is 0 Å². The number of ketones is 1. The zero-order valence-electron chi connectivity index (χ0n) is 30.4. The molecule has 0 aromatic heterocycles. The number of phenolic OH excluding ortho intramolecular Hbond substituents is 1. The van der Waals surface area contributed by atoms with Gasteiger partial charge in [-0.25, -0.2) is 0 Å². The van der Waals surface area contributed by atoms with Crippen LogP contribution >= 0.6 is 0 Å². The Morgan fingerprint density at radius 3 is 2.51 bits per heavy atom. The quantitative estimate of drug-likeness (QED) is 0.241. The van der Waals surface area contributed by atoms with Crippen molar-refractivity contribution in [3.63, 3.8) is 0 Å². The SMILES string of the molecule is C#C[C@]1(O)CC[C@H]2[C@@H]3CCC4=CC(=O)CC[C@@H]4[C@H]3CC[C@@]21CC.CCCCC(=O)O[C@H]1CC[C@H]2[C@@H]3CCc4cc(O)ccc4[C@H]3CC[C@]12C. The number of fused-ring (bicyclic) bond motifs is 10. The number of aryl methyl sites for hydroxylation is 1. The molecular formula is C44H60O5. The Labute approximate surface area is 295 Å². The third-order valence-electron chi connectivity index (χ3n) is 15.6. The van der Waals surface area contributed by atoms with Gasteiger partial charge in [-0.2, -0.15) is 0 Å². The van der Waals surface area contributed by atoms with Gasteiger partial charge in [0.2, 0.25) is 0 Å². The monoisotopic (exact) mass is 668 g/mol. The lowest BCUT2D eigenvalue weighted by atomic mass is 9.49. The van der Waals surface area contributed by atoms with Gasteiger partial charge in [-0.1, -0.05) is 44.8 Å². The maximum absolute atomic E-state index is 12.2. The second kappa shape index (κ2) is 13.5. The second-order valence-corrected chi connectivity index (χ2v) is 17.4. The summed E-state index contributed by atoms with van der Waals surface area (Å²) in [5.41, 5.74) is 3.43. The molecule has 5 fully saturated rings. The van der Waals surface area contributed by atoms with Gasteiger partial charge in [0.25, 0.3) is 0 Å². The third kappa shape index (κ3) is 5.81. The molecule has 0 amide bonds. The number of unbranched alkanes of at least 4 members (excludes halogenated alkanes) is 1. The van der Waals surface area contributed by atoms with Gasteiger partial charge in [0.05, 0.1) is 0 Å². The van der Waals surface area contributed by atoms with Crippen molar-refractivity contribution < 1.29 is 24.5 Å². The van der Waals surface area contributed by atoms with Crippen molar-refractivity contribution in [2.75, 3.05) is 0 Å². The first-order chi connectivity index (χ1) is 23.6. The average molecular weight is 669 g/mol. The van der Waals surface area contributed by atoms with Crippen molar-refractivity contribution in [3.8, 4) is 18.1 Å². The summed E-state index contributed by atoms with van der Waals surface area (Å²) >= 11 is 0. The normalized spacial score (nSPS) is 41.6. The molecular weight excluding hydrogens is 608 g/mol. The number of hydrogen-bond donors (Lipinski definition) is 2. The van der Waals surface area contributed by atoms with Crippen LogP contribution in [0.25, 0.3) is 0 Å². The van der Waals surface area contributed by atoms with E-state index in [0.29, 0.717) is 59.4 Å². The van der Waals surface area contributed by atoms with E-state index in [-0.39, 0.29) is 22.9 Å². The highest BCUT2D eigenvalue weighted by atomic mass is 16.5. The number of carbonyl (C=O) groups is 2. The fourth-order valence-electron chi connectivity index (χ4n) is 13.2. The van der Waals surface area contributed by atoms with Crippen LogP contribution in [0.4, 0.5) is 0 Å². The smallest absolute Gasteiger partial charge is 0.306 e. The van der Waals surface area contributed by atoms with E-state index in [2.05, 4.69) is 32.8 Å². The van der Waals surface area contributed by atoms with E-state index < -0.39 is 5.60 Å². The zero-order chi connectivity index (χ0) is 34.6. The number of phenols is 1. The van der Waals surface area contributed by atoms with Crippen molar-refractivity contribution >= 4 is 11.8 Å². The van der Waals surface area contributed by atoms with Gasteiger partial charge < -0.3 is 14.9 Å². The maximum atomic E-state index is 12.2. The highest BCUT2D eigenvalue weighted by molar-refractivity contribution is 5.91. The minimum absolute atomic E-state index is 0.00492. The fourth-order valence-corrected chi connectivity index (χ4v) is 13.2. The molecule has 7 aliphatic rings. The van der Waals surface area contributed by atoms with Gasteiger partial charge >= 0.3 is 5.97 Å². The summed E-state index contributed by atoms with van der Waals surface area (Å²) in [5, 5.41) is 20.9. The molecule has 5 saturated carbocycles. The number of esters is 1. The molecule has 8 rings (SSSR count). The molecule has 2 N–H and O–H groups in total. The summed E-state index contributed by atoms with van der Waals surface area (Å²) in [5.74, 6) is 8.10. The number of rotatable bonds is 5. The summed E-state index contributed by atoms with van der Waals surface area (Å²) in [6.07, 6.45) is 26.4. The van der Waals surface area contributed by atoms with Gasteiger partial charge in [-0.3, -0.25) is 9.59 Å². The van der Waals surface area contributed by atoms with E-state index in [1.807, 2.05) is 18.2 Å². The Bertz CT molecular complexity index is 1500. The van der Waals surface area contributed by atoms with Crippen LogP contribution in [0, 0.1) is 58.7 Å². The van der Waals surface area contributed by atoms with Crippen LogP contribution in [-0.4, -0.2) is 33.7 Å². The maximum Gasteiger partial charge on any atom is 0.306 e. The summed E-state index contributed by atoms with van der Waals surface area (Å²) in [4.78, 5) is 24.0. The largest absolute Gasteiger partial charge is 0.508 e. The van der Waals surface area contributed by atoms with Gasteiger partial charge in [-0.15, -0.1) is 6.42 Å². The van der Waals surface area contributed by atoms with E-state index in [0.717, 1.165) is 77.0 Å². The zero-order valence-corrected chi connectivity index (χ0v) is 30.4. The molecule has 266 valence electrons. The van der Waals surface area contributed by atoms with Crippen LogP contribution in [0.1, 0.15) is 147 Å². The first kappa shape index (κ1) is 34.9. The van der Waals surface area contributed by atoms with Crippen molar-refractivity contribution in [1.82, 2.24) is 0 Å². The number of terminal acetylenes is 1. The van der Waals surface area contributed by atoms with E-state index in [1.165, 1.54) is 48.8 Å². The van der Waals surface area contributed by atoms with E-state index in [1.54, 1.807) is 0 Å². The predicted molar refractivity (Wildman–Crippen MR) is 193 cm³/mol. The number of aliphatic hydroxyl groups is 1. The van der Waals surface area contributed by atoms with Crippen molar-refractivity contribution in [2.45, 2.75) is 154 Å². The first-order valence-corrected chi connectivity index (χ1v) is 20.0. The van der Waals surface area contributed by atoms with Crippen LogP contribution in [-0.2, 0) is 20.7 Å². The summed E-state index contributed by atoms with van der Waals surface area (Å²) in [6.45, 7) is 6.71. The fraction of sp³-hybridized carbons (Fsp3) is 0.727. The lowest BCUT2D eigenvalue weighted by Gasteiger charge is -2.55. The predicted octanol–water partition coefficient (Wildman–Crippen LogP) is 9.23. The number of benzene rings is 1. The number of allylic oxidation sites excluding steroid dienone is 1.